The number of nitrogens with zero attached hydrogens (tertiary/aromatic N) is 2. The van der Waals surface area contributed by atoms with Crippen LogP contribution in [0.2, 0.25) is 0 Å². The summed E-state index contributed by atoms with van der Waals surface area (Å²) in [7, 11) is 1.65. The van der Waals surface area contributed by atoms with Crippen LogP contribution in [-0.4, -0.2) is 35.5 Å². The van der Waals surface area contributed by atoms with Crippen LogP contribution < -0.4 is 9.47 Å². The summed E-state index contributed by atoms with van der Waals surface area (Å²) >= 11 is 0. The number of amides is 1. The Kier molecular flexibility index (Phi) is 5.79. The van der Waals surface area contributed by atoms with Crippen molar-refractivity contribution >= 4 is 5.91 Å². The van der Waals surface area contributed by atoms with Crippen LogP contribution in [0.4, 0.5) is 0 Å². The minimum absolute atomic E-state index is 0.150. The smallest absolute Gasteiger partial charge is 0.230 e. The van der Waals surface area contributed by atoms with Crippen LogP contribution in [0.1, 0.15) is 43.2 Å². The molecule has 1 saturated carbocycles. The molecule has 1 aliphatic heterocycles. The molecule has 5 nitrogen and oxygen atoms in total. The van der Waals surface area contributed by atoms with Gasteiger partial charge in [-0.05, 0) is 48.6 Å². The molecule has 2 aliphatic rings. The molecule has 0 bridgehead atoms. The number of pyridine rings is 1. The standard InChI is InChI=1S/C23H28N2O3/c1-27-21-9-5-6-18-14-19(16-28-22(18)21)23(26)25(20-7-3-2-4-8-20)15-17-10-12-24-13-11-17/h5-6,9-13,19-20H,2-4,7-8,14-16H2,1H3/t19-/m1/s1. The molecule has 1 atom stereocenters. The molecule has 0 spiro atoms. The van der Waals surface area contributed by atoms with Crippen molar-refractivity contribution in [2.45, 2.75) is 51.1 Å². The summed E-state index contributed by atoms with van der Waals surface area (Å²) in [5.74, 6) is 1.58. The number of benzene rings is 1. The quantitative estimate of drug-likeness (QED) is 0.787. The number of hydrogen-bond acceptors (Lipinski definition) is 4. The normalized spacial score (nSPS) is 19.4. The Labute approximate surface area is 166 Å². The van der Waals surface area contributed by atoms with Crippen molar-refractivity contribution in [1.29, 1.82) is 0 Å². The third kappa shape index (κ3) is 3.98. The fraction of sp³-hybridized carbons (Fsp3) is 0.478. The lowest BCUT2D eigenvalue weighted by molar-refractivity contribution is -0.140. The predicted octanol–water partition coefficient (Wildman–Crippen LogP) is 4.00. The van der Waals surface area contributed by atoms with E-state index in [0.29, 0.717) is 25.6 Å². The first-order valence-corrected chi connectivity index (χ1v) is 10.2. The Balaban J connectivity index is 1.54. The zero-order chi connectivity index (χ0) is 19.3. The zero-order valence-electron chi connectivity index (χ0n) is 16.5. The molecular weight excluding hydrogens is 352 g/mol. The first-order chi connectivity index (χ1) is 13.8. The molecule has 28 heavy (non-hydrogen) atoms. The van der Waals surface area contributed by atoms with Crippen LogP contribution in [0.3, 0.4) is 0 Å². The van der Waals surface area contributed by atoms with E-state index in [1.54, 1.807) is 19.5 Å². The van der Waals surface area contributed by atoms with Crippen LogP contribution in [0.15, 0.2) is 42.7 Å². The van der Waals surface area contributed by atoms with Gasteiger partial charge in [0, 0.05) is 25.0 Å². The van der Waals surface area contributed by atoms with E-state index in [2.05, 4.69) is 9.88 Å². The second-order valence-corrected chi connectivity index (χ2v) is 7.77. The summed E-state index contributed by atoms with van der Waals surface area (Å²) < 4.78 is 11.4. The minimum Gasteiger partial charge on any atom is -0.493 e. The molecule has 4 rings (SSSR count). The summed E-state index contributed by atoms with van der Waals surface area (Å²) in [5.41, 5.74) is 2.18. The molecule has 1 fully saturated rings. The fourth-order valence-electron chi connectivity index (χ4n) is 4.41. The Morgan fingerprint density at radius 1 is 1.18 bits per heavy atom. The van der Waals surface area contributed by atoms with E-state index in [1.807, 2.05) is 30.3 Å². The summed E-state index contributed by atoms with van der Waals surface area (Å²) in [5, 5.41) is 0. The van der Waals surface area contributed by atoms with E-state index < -0.39 is 0 Å². The molecule has 148 valence electrons. The van der Waals surface area contributed by atoms with Crippen molar-refractivity contribution in [3.63, 3.8) is 0 Å². The van der Waals surface area contributed by atoms with Gasteiger partial charge in [-0.1, -0.05) is 31.4 Å². The summed E-state index contributed by atoms with van der Waals surface area (Å²) in [6.45, 7) is 1.05. The van der Waals surface area contributed by atoms with Crippen molar-refractivity contribution in [3.8, 4) is 11.5 Å². The van der Waals surface area contributed by atoms with Crippen molar-refractivity contribution in [3.05, 3.63) is 53.9 Å². The van der Waals surface area contributed by atoms with Gasteiger partial charge in [0.2, 0.25) is 5.91 Å². The predicted molar refractivity (Wildman–Crippen MR) is 107 cm³/mol. The van der Waals surface area contributed by atoms with E-state index >= 15 is 0 Å². The molecule has 0 saturated heterocycles. The highest BCUT2D eigenvalue weighted by Crippen LogP contribution is 2.37. The first-order valence-electron chi connectivity index (χ1n) is 10.2. The van der Waals surface area contributed by atoms with Gasteiger partial charge in [0.05, 0.1) is 13.0 Å². The van der Waals surface area contributed by atoms with Gasteiger partial charge >= 0.3 is 0 Å². The number of para-hydroxylation sites is 1. The zero-order valence-corrected chi connectivity index (χ0v) is 16.5. The van der Waals surface area contributed by atoms with Gasteiger partial charge in [-0.2, -0.15) is 0 Å². The average molecular weight is 380 g/mol. The van der Waals surface area contributed by atoms with Gasteiger partial charge in [-0.3, -0.25) is 9.78 Å². The number of carbonyl (C=O) groups excluding carboxylic acids is 1. The second-order valence-electron chi connectivity index (χ2n) is 7.77. The lowest BCUT2D eigenvalue weighted by Crippen LogP contribution is -2.46. The van der Waals surface area contributed by atoms with E-state index in [9.17, 15) is 4.79 Å². The molecule has 1 aromatic heterocycles. The highest BCUT2D eigenvalue weighted by Gasteiger charge is 2.34. The van der Waals surface area contributed by atoms with Gasteiger partial charge in [-0.15, -0.1) is 0 Å². The van der Waals surface area contributed by atoms with Crippen molar-refractivity contribution < 1.29 is 14.3 Å². The van der Waals surface area contributed by atoms with Crippen LogP contribution >= 0.6 is 0 Å². The maximum Gasteiger partial charge on any atom is 0.230 e. The molecular formula is C23H28N2O3. The van der Waals surface area contributed by atoms with Crippen LogP contribution in [0.25, 0.3) is 0 Å². The largest absolute Gasteiger partial charge is 0.493 e. The molecule has 2 heterocycles. The molecule has 0 N–H and O–H groups in total. The number of carbonyl (C=O) groups is 1. The Bertz CT molecular complexity index is 803. The van der Waals surface area contributed by atoms with Crippen LogP contribution in [0, 0.1) is 5.92 Å². The summed E-state index contributed by atoms with van der Waals surface area (Å²) in [6.07, 6.45) is 10.1. The molecule has 0 radical (unpaired) electrons. The van der Waals surface area contributed by atoms with Gasteiger partial charge < -0.3 is 14.4 Å². The maximum atomic E-state index is 13.6. The number of fused-ring (bicyclic) bond motifs is 1. The summed E-state index contributed by atoms with van der Waals surface area (Å²) in [4.78, 5) is 19.8. The first kappa shape index (κ1) is 18.8. The highest BCUT2D eigenvalue weighted by atomic mass is 16.5. The molecule has 2 aromatic rings. The Morgan fingerprint density at radius 3 is 2.71 bits per heavy atom. The van der Waals surface area contributed by atoms with Gasteiger partial charge in [-0.25, -0.2) is 0 Å². The molecule has 5 heteroatoms. The van der Waals surface area contributed by atoms with Crippen molar-refractivity contribution in [1.82, 2.24) is 9.88 Å². The van der Waals surface area contributed by atoms with Crippen molar-refractivity contribution in [2.75, 3.05) is 13.7 Å². The summed E-state index contributed by atoms with van der Waals surface area (Å²) in [6, 6.07) is 10.2. The monoisotopic (exact) mass is 380 g/mol. The molecule has 1 aliphatic carbocycles. The second kappa shape index (κ2) is 8.63. The Hall–Kier alpha value is -2.56. The molecule has 1 amide bonds. The van der Waals surface area contributed by atoms with Gasteiger partial charge in [0.15, 0.2) is 11.5 Å². The van der Waals surface area contributed by atoms with Gasteiger partial charge in [0.25, 0.3) is 0 Å². The fourth-order valence-corrected chi connectivity index (χ4v) is 4.41. The van der Waals surface area contributed by atoms with E-state index in [0.717, 1.165) is 35.5 Å². The number of ether oxygens (including phenoxy) is 2. The van der Waals surface area contributed by atoms with Gasteiger partial charge in [0.1, 0.15) is 6.61 Å². The topological polar surface area (TPSA) is 51.7 Å². The lowest BCUT2D eigenvalue weighted by atomic mass is 9.90. The highest BCUT2D eigenvalue weighted by molar-refractivity contribution is 5.80. The molecule has 0 unspecified atom stereocenters. The average Bonchev–Trinajstić information content (AvgIpc) is 2.77. The van der Waals surface area contributed by atoms with Crippen molar-refractivity contribution in [2.24, 2.45) is 5.92 Å². The number of aromatic nitrogens is 1. The Morgan fingerprint density at radius 2 is 1.96 bits per heavy atom. The van der Waals surface area contributed by atoms with Crippen LogP contribution in [0.5, 0.6) is 11.5 Å². The van der Waals surface area contributed by atoms with E-state index in [-0.39, 0.29) is 11.8 Å². The number of rotatable bonds is 5. The third-order valence-corrected chi connectivity index (χ3v) is 5.93. The lowest BCUT2D eigenvalue weighted by Gasteiger charge is -2.38. The van der Waals surface area contributed by atoms with E-state index in [1.165, 1.54) is 19.3 Å². The number of hydrogen-bond donors (Lipinski definition) is 0. The SMILES string of the molecule is COc1cccc2c1OC[C@H](C(=O)N(Cc1ccncc1)C1CCCCC1)C2. The number of methoxy groups -OCH3 is 1. The van der Waals surface area contributed by atoms with Crippen LogP contribution in [-0.2, 0) is 17.8 Å². The molecule has 1 aromatic carbocycles. The minimum atomic E-state index is -0.150. The third-order valence-electron chi connectivity index (χ3n) is 5.93. The van der Waals surface area contributed by atoms with E-state index in [4.69, 9.17) is 9.47 Å². The maximum absolute atomic E-state index is 13.6.